The lowest BCUT2D eigenvalue weighted by Gasteiger charge is -2.33. The molecule has 1 aliphatic rings. The van der Waals surface area contributed by atoms with E-state index in [1.165, 1.54) is 0 Å². The molecule has 0 unspecified atom stereocenters. The second-order valence-corrected chi connectivity index (χ2v) is 7.89. The molecule has 0 saturated carbocycles. The summed E-state index contributed by atoms with van der Waals surface area (Å²) in [4.78, 5) is 18.7. The molecule has 1 aliphatic heterocycles. The number of carbonyl (C=O) groups is 1. The second-order valence-electron chi connectivity index (χ2n) is 7.89. The molecule has 1 fully saturated rings. The summed E-state index contributed by atoms with van der Waals surface area (Å²) in [7, 11) is 0. The number of rotatable bonds is 6. The molecule has 0 spiro atoms. The van der Waals surface area contributed by atoms with Crippen molar-refractivity contribution in [2.75, 3.05) is 32.7 Å². The number of furan rings is 1. The third-order valence-electron chi connectivity index (χ3n) is 4.36. The first-order valence-electron chi connectivity index (χ1n) is 9.90. The fraction of sp³-hybridized carbons (Fsp3) is 0.700. The maximum atomic E-state index is 12.1. The van der Waals surface area contributed by atoms with Crippen LogP contribution in [-0.2, 0) is 11.2 Å². The zero-order chi connectivity index (χ0) is 19.7. The Hall–Kier alpha value is -1.45. The maximum absolute atomic E-state index is 12.1. The highest BCUT2D eigenvalue weighted by atomic mass is 127. The number of halogens is 1. The Morgan fingerprint density at radius 1 is 1.32 bits per heavy atom. The van der Waals surface area contributed by atoms with E-state index in [9.17, 15) is 4.79 Å². The highest BCUT2D eigenvalue weighted by Gasteiger charge is 2.26. The van der Waals surface area contributed by atoms with Crippen molar-refractivity contribution in [2.24, 2.45) is 10.9 Å². The van der Waals surface area contributed by atoms with E-state index >= 15 is 0 Å². The van der Waals surface area contributed by atoms with Crippen LogP contribution in [0.15, 0.2) is 27.8 Å². The van der Waals surface area contributed by atoms with Crippen molar-refractivity contribution in [3.63, 3.8) is 0 Å². The van der Waals surface area contributed by atoms with Crippen LogP contribution < -0.4 is 10.6 Å². The normalized spacial score (nSPS) is 15.7. The van der Waals surface area contributed by atoms with Crippen molar-refractivity contribution in [2.45, 2.75) is 52.6 Å². The third kappa shape index (κ3) is 9.16. The van der Waals surface area contributed by atoms with E-state index in [4.69, 9.17) is 14.1 Å². The first kappa shape index (κ1) is 24.6. The minimum absolute atomic E-state index is 0. The average Bonchev–Trinajstić information content (AvgIpc) is 3.12. The van der Waals surface area contributed by atoms with Crippen LogP contribution in [0.2, 0.25) is 0 Å². The SMILES string of the molecule is CCNC(=NCC1CCN(C(=O)OC(C)(C)C)CC1)NCCc1ccco1.I. The highest BCUT2D eigenvalue weighted by molar-refractivity contribution is 14.0. The summed E-state index contributed by atoms with van der Waals surface area (Å²) in [6, 6.07) is 3.88. The van der Waals surface area contributed by atoms with Gasteiger partial charge in [0.1, 0.15) is 11.4 Å². The molecular formula is C20H35IN4O3. The van der Waals surface area contributed by atoms with Gasteiger partial charge in [-0.05, 0) is 58.6 Å². The van der Waals surface area contributed by atoms with E-state index in [-0.39, 0.29) is 30.1 Å². The molecule has 0 aliphatic carbocycles. The molecule has 1 aromatic rings. The van der Waals surface area contributed by atoms with Crippen LogP contribution in [0.1, 0.15) is 46.3 Å². The van der Waals surface area contributed by atoms with E-state index in [0.29, 0.717) is 5.92 Å². The Balaban J connectivity index is 0.00000392. The first-order chi connectivity index (χ1) is 12.9. The standard InChI is InChI=1S/C20H34N4O3.HI/c1-5-21-18(22-11-8-17-7-6-14-26-17)23-15-16-9-12-24(13-10-16)19(25)27-20(2,3)4;/h6-7,14,16H,5,8-13,15H2,1-4H3,(H2,21,22,23);1H. The lowest BCUT2D eigenvalue weighted by atomic mass is 9.97. The smallest absolute Gasteiger partial charge is 0.410 e. The monoisotopic (exact) mass is 506 g/mol. The van der Waals surface area contributed by atoms with Gasteiger partial charge in [-0.1, -0.05) is 0 Å². The predicted molar refractivity (Wildman–Crippen MR) is 122 cm³/mol. The summed E-state index contributed by atoms with van der Waals surface area (Å²) in [5.74, 6) is 2.29. The van der Waals surface area contributed by atoms with Gasteiger partial charge in [0.05, 0.1) is 6.26 Å². The topological polar surface area (TPSA) is 79.1 Å². The quantitative estimate of drug-likeness (QED) is 0.350. The van der Waals surface area contributed by atoms with E-state index in [2.05, 4.69) is 17.6 Å². The fourth-order valence-electron chi connectivity index (χ4n) is 2.95. The van der Waals surface area contributed by atoms with Crippen molar-refractivity contribution in [1.82, 2.24) is 15.5 Å². The maximum Gasteiger partial charge on any atom is 0.410 e. The van der Waals surface area contributed by atoms with Gasteiger partial charge in [0.25, 0.3) is 0 Å². The number of piperidine rings is 1. The molecule has 2 N–H and O–H groups in total. The van der Waals surface area contributed by atoms with Gasteiger partial charge in [0, 0.05) is 39.1 Å². The van der Waals surface area contributed by atoms with Gasteiger partial charge in [0.15, 0.2) is 5.96 Å². The van der Waals surface area contributed by atoms with Crippen LogP contribution >= 0.6 is 24.0 Å². The Kier molecular flexibility index (Phi) is 10.7. The van der Waals surface area contributed by atoms with E-state index < -0.39 is 5.60 Å². The number of nitrogens with one attached hydrogen (secondary N) is 2. The van der Waals surface area contributed by atoms with Crippen molar-refractivity contribution in [3.05, 3.63) is 24.2 Å². The average molecular weight is 506 g/mol. The van der Waals surface area contributed by atoms with Gasteiger partial charge >= 0.3 is 6.09 Å². The molecule has 2 heterocycles. The lowest BCUT2D eigenvalue weighted by molar-refractivity contribution is 0.0187. The second kappa shape index (κ2) is 12.2. The van der Waals surface area contributed by atoms with Crippen LogP contribution in [0.25, 0.3) is 0 Å². The van der Waals surface area contributed by atoms with Crippen molar-refractivity contribution in [1.29, 1.82) is 0 Å². The molecule has 7 nitrogen and oxygen atoms in total. The number of likely N-dealkylation sites (tertiary alicyclic amines) is 1. The number of aliphatic imine (C=N–C) groups is 1. The van der Waals surface area contributed by atoms with Crippen molar-refractivity contribution >= 4 is 36.0 Å². The summed E-state index contributed by atoms with van der Waals surface area (Å²) in [5, 5.41) is 6.62. The summed E-state index contributed by atoms with van der Waals surface area (Å²) >= 11 is 0. The van der Waals surface area contributed by atoms with E-state index in [0.717, 1.165) is 63.7 Å². The first-order valence-corrected chi connectivity index (χ1v) is 9.90. The zero-order valence-electron chi connectivity index (χ0n) is 17.5. The number of hydrogen-bond donors (Lipinski definition) is 2. The van der Waals surface area contributed by atoms with Crippen LogP contribution in [-0.4, -0.2) is 55.3 Å². The molecule has 160 valence electrons. The van der Waals surface area contributed by atoms with Crippen LogP contribution in [0.3, 0.4) is 0 Å². The number of ether oxygens (including phenoxy) is 1. The van der Waals surface area contributed by atoms with Gasteiger partial charge in [-0.2, -0.15) is 0 Å². The van der Waals surface area contributed by atoms with Gasteiger partial charge in [-0.25, -0.2) is 4.79 Å². The minimum Gasteiger partial charge on any atom is -0.469 e. The Bertz CT molecular complexity index is 591. The predicted octanol–water partition coefficient (Wildman–Crippen LogP) is 3.64. The number of guanidine groups is 1. The summed E-state index contributed by atoms with van der Waals surface area (Å²) < 4.78 is 10.8. The molecule has 1 saturated heterocycles. The Labute approximate surface area is 185 Å². The molecule has 0 radical (unpaired) electrons. The summed E-state index contributed by atoms with van der Waals surface area (Å²) in [5.41, 5.74) is -0.444. The summed E-state index contributed by atoms with van der Waals surface area (Å²) in [6.45, 7) is 11.6. The van der Waals surface area contributed by atoms with Gasteiger partial charge in [-0.15, -0.1) is 24.0 Å². The van der Waals surface area contributed by atoms with Crippen molar-refractivity contribution in [3.8, 4) is 0 Å². The molecule has 0 aromatic carbocycles. The van der Waals surface area contributed by atoms with Crippen molar-refractivity contribution < 1.29 is 13.9 Å². The number of carbonyl (C=O) groups excluding carboxylic acids is 1. The van der Waals surface area contributed by atoms with E-state index in [1.54, 1.807) is 11.2 Å². The molecule has 0 atom stereocenters. The van der Waals surface area contributed by atoms with E-state index in [1.807, 2.05) is 32.9 Å². The van der Waals surface area contributed by atoms with Gasteiger partial charge < -0.3 is 24.7 Å². The molecule has 2 rings (SSSR count). The minimum atomic E-state index is -0.444. The lowest BCUT2D eigenvalue weighted by Crippen LogP contribution is -2.42. The zero-order valence-corrected chi connectivity index (χ0v) is 19.8. The molecule has 1 amide bonds. The van der Waals surface area contributed by atoms with Crippen LogP contribution in [0.5, 0.6) is 0 Å². The number of amides is 1. The third-order valence-corrected chi connectivity index (χ3v) is 4.36. The van der Waals surface area contributed by atoms with Gasteiger partial charge in [0.2, 0.25) is 0 Å². The molecule has 1 aromatic heterocycles. The Morgan fingerprint density at radius 2 is 2.04 bits per heavy atom. The molecule has 28 heavy (non-hydrogen) atoms. The summed E-state index contributed by atoms with van der Waals surface area (Å²) in [6.07, 6.45) is 4.21. The van der Waals surface area contributed by atoms with Gasteiger partial charge in [-0.3, -0.25) is 4.99 Å². The Morgan fingerprint density at radius 3 is 2.61 bits per heavy atom. The number of nitrogens with zero attached hydrogens (tertiary/aromatic N) is 2. The molecular weight excluding hydrogens is 471 g/mol. The largest absolute Gasteiger partial charge is 0.469 e. The molecule has 0 bridgehead atoms. The van der Waals surface area contributed by atoms with Crippen LogP contribution in [0.4, 0.5) is 4.79 Å². The molecule has 8 heteroatoms. The number of hydrogen-bond acceptors (Lipinski definition) is 4. The highest BCUT2D eigenvalue weighted by Crippen LogP contribution is 2.19. The fourth-order valence-corrected chi connectivity index (χ4v) is 2.95. The van der Waals surface area contributed by atoms with Crippen LogP contribution in [0, 0.1) is 5.92 Å².